The minimum Gasteiger partial charge on any atom is -0.458 e. The highest BCUT2D eigenvalue weighted by atomic mass is 16.3. The van der Waals surface area contributed by atoms with E-state index in [-0.39, 0.29) is 0 Å². The Morgan fingerprint density at radius 3 is 2.88 bits per heavy atom. The maximum atomic E-state index is 5.61. The summed E-state index contributed by atoms with van der Waals surface area (Å²) >= 11 is 0. The fraction of sp³-hybridized carbons (Fsp3) is 0.154. The van der Waals surface area contributed by atoms with Crippen LogP contribution < -0.4 is 5.73 Å². The van der Waals surface area contributed by atoms with Gasteiger partial charge in [0.1, 0.15) is 5.76 Å². The number of rotatable bonds is 2. The number of H-pyrrole nitrogens is 1. The molecular formula is C13H13N3O. The van der Waals surface area contributed by atoms with Crippen LogP contribution in [0.2, 0.25) is 0 Å². The molecule has 0 aliphatic rings. The van der Waals surface area contributed by atoms with Gasteiger partial charge in [-0.05, 0) is 36.8 Å². The summed E-state index contributed by atoms with van der Waals surface area (Å²) in [5, 5.41) is 0. The highest BCUT2D eigenvalue weighted by molar-refractivity contribution is 5.79. The number of nitrogens with zero attached hydrogens (tertiary/aromatic N) is 1. The molecule has 86 valence electrons. The SMILES string of the molecule is Cc1ccc(-c2nc3ccc(CN)cc3[nH]2)o1. The lowest BCUT2D eigenvalue weighted by molar-refractivity contribution is 0.545. The average Bonchev–Trinajstić information content (AvgIpc) is 2.93. The van der Waals surface area contributed by atoms with Gasteiger partial charge in [-0.2, -0.15) is 0 Å². The van der Waals surface area contributed by atoms with Gasteiger partial charge in [0, 0.05) is 6.54 Å². The summed E-state index contributed by atoms with van der Waals surface area (Å²) < 4.78 is 5.54. The lowest BCUT2D eigenvalue weighted by Crippen LogP contribution is -1.95. The largest absolute Gasteiger partial charge is 0.458 e. The molecule has 1 aromatic carbocycles. The van der Waals surface area contributed by atoms with Crippen molar-refractivity contribution in [2.24, 2.45) is 5.73 Å². The molecule has 2 aromatic heterocycles. The maximum absolute atomic E-state index is 5.61. The highest BCUT2D eigenvalue weighted by Crippen LogP contribution is 2.22. The van der Waals surface area contributed by atoms with Gasteiger partial charge < -0.3 is 15.1 Å². The van der Waals surface area contributed by atoms with E-state index >= 15 is 0 Å². The number of aromatic nitrogens is 2. The molecular weight excluding hydrogens is 214 g/mol. The number of hydrogen-bond donors (Lipinski definition) is 2. The van der Waals surface area contributed by atoms with Crippen LogP contribution in [0, 0.1) is 6.92 Å². The fourth-order valence-corrected chi connectivity index (χ4v) is 1.86. The second-order valence-electron chi connectivity index (χ2n) is 4.05. The quantitative estimate of drug-likeness (QED) is 0.707. The van der Waals surface area contributed by atoms with Crippen LogP contribution in [-0.4, -0.2) is 9.97 Å². The zero-order valence-corrected chi connectivity index (χ0v) is 9.53. The van der Waals surface area contributed by atoms with Crippen molar-refractivity contribution in [1.29, 1.82) is 0 Å². The molecule has 0 aliphatic carbocycles. The predicted molar refractivity (Wildman–Crippen MR) is 66.4 cm³/mol. The Morgan fingerprint density at radius 1 is 1.29 bits per heavy atom. The molecule has 4 heteroatoms. The second-order valence-corrected chi connectivity index (χ2v) is 4.05. The molecule has 0 unspecified atom stereocenters. The standard InChI is InChI=1S/C13H13N3O/c1-8-2-5-12(17-8)13-15-10-4-3-9(7-14)6-11(10)16-13/h2-6H,7,14H2,1H3,(H,15,16). The minimum absolute atomic E-state index is 0.532. The number of aryl methyl sites for hydroxylation is 1. The molecule has 3 rings (SSSR count). The summed E-state index contributed by atoms with van der Waals surface area (Å²) in [5.74, 6) is 2.39. The lowest BCUT2D eigenvalue weighted by Gasteiger charge is -1.94. The minimum atomic E-state index is 0.532. The zero-order chi connectivity index (χ0) is 11.8. The molecule has 0 atom stereocenters. The molecule has 0 aliphatic heterocycles. The molecule has 0 saturated carbocycles. The van der Waals surface area contributed by atoms with Gasteiger partial charge in [-0.3, -0.25) is 0 Å². The molecule has 0 bridgehead atoms. The highest BCUT2D eigenvalue weighted by Gasteiger charge is 2.08. The Labute approximate surface area is 98.5 Å². The summed E-state index contributed by atoms with van der Waals surface area (Å²) in [6.07, 6.45) is 0. The van der Waals surface area contributed by atoms with Gasteiger partial charge >= 0.3 is 0 Å². The van der Waals surface area contributed by atoms with E-state index < -0.39 is 0 Å². The molecule has 0 spiro atoms. The van der Waals surface area contributed by atoms with Gasteiger partial charge in [0.05, 0.1) is 11.0 Å². The Kier molecular flexibility index (Phi) is 2.23. The Hall–Kier alpha value is -2.07. The number of benzene rings is 1. The van der Waals surface area contributed by atoms with Crippen molar-refractivity contribution in [2.75, 3.05) is 0 Å². The third-order valence-corrected chi connectivity index (χ3v) is 2.76. The fourth-order valence-electron chi connectivity index (χ4n) is 1.86. The van der Waals surface area contributed by atoms with Crippen molar-refractivity contribution in [1.82, 2.24) is 9.97 Å². The van der Waals surface area contributed by atoms with Crippen LogP contribution in [0.5, 0.6) is 0 Å². The Balaban J connectivity index is 2.13. The van der Waals surface area contributed by atoms with Gasteiger partial charge in [-0.25, -0.2) is 4.98 Å². The van der Waals surface area contributed by atoms with E-state index in [2.05, 4.69) is 9.97 Å². The van der Waals surface area contributed by atoms with Crippen LogP contribution in [0.4, 0.5) is 0 Å². The topological polar surface area (TPSA) is 67.8 Å². The number of hydrogen-bond acceptors (Lipinski definition) is 3. The van der Waals surface area contributed by atoms with Crippen molar-refractivity contribution in [2.45, 2.75) is 13.5 Å². The smallest absolute Gasteiger partial charge is 0.174 e. The van der Waals surface area contributed by atoms with Crippen molar-refractivity contribution in [3.05, 3.63) is 41.7 Å². The van der Waals surface area contributed by atoms with Gasteiger partial charge in [0.15, 0.2) is 11.6 Å². The lowest BCUT2D eigenvalue weighted by atomic mass is 10.2. The summed E-state index contributed by atoms with van der Waals surface area (Å²) in [6, 6.07) is 9.81. The van der Waals surface area contributed by atoms with E-state index in [1.54, 1.807) is 0 Å². The summed E-state index contributed by atoms with van der Waals surface area (Å²) in [4.78, 5) is 7.72. The first-order valence-corrected chi connectivity index (χ1v) is 5.52. The molecule has 0 fully saturated rings. The van der Waals surface area contributed by atoms with Crippen molar-refractivity contribution in [3.8, 4) is 11.6 Å². The first-order chi connectivity index (χ1) is 8.26. The molecule has 0 saturated heterocycles. The monoisotopic (exact) mass is 227 g/mol. The van der Waals surface area contributed by atoms with Crippen LogP contribution in [0.25, 0.3) is 22.6 Å². The Bertz CT molecular complexity index is 666. The third-order valence-electron chi connectivity index (χ3n) is 2.76. The number of fused-ring (bicyclic) bond motifs is 1. The molecule has 4 nitrogen and oxygen atoms in total. The van der Waals surface area contributed by atoms with E-state index in [0.29, 0.717) is 6.54 Å². The summed E-state index contributed by atoms with van der Waals surface area (Å²) in [7, 11) is 0. The van der Waals surface area contributed by atoms with Gasteiger partial charge in [0.25, 0.3) is 0 Å². The van der Waals surface area contributed by atoms with E-state index in [0.717, 1.165) is 33.9 Å². The van der Waals surface area contributed by atoms with Crippen molar-refractivity contribution in [3.63, 3.8) is 0 Å². The van der Waals surface area contributed by atoms with E-state index in [1.807, 2.05) is 37.3 Å². The number of furan rings is 1. The molecule has 0 radical (unpaired) electrons. The summed E-state index contributed by atoms with van der Waals surface area (Å²) in [6.45, 7) is 2.45. The molecule has 3 aromatic rings. The Morgan fingerprint density at radius 2 is 2.18 bits per heavy atom. The normalized spacial score (nSPS) is 11.2. The average molecular weight is 227 g/mol. The zero-order valence-electron chi connectivity index (χ0n) is 9.53. The number of nitrogens with two attached hydrogens (primary N) is 1. The van der Waals surface area contributed by atoms with Gasteiger partial charge in [-0.15, -0.1) is 0 Å². The van der Waals surface area contributed by atoms with Crippen LogP contribution in [0.3, 0.4) is 0 Å². The maximum Gasteiger partial charge on any atom is 0.174 e. The third kappa shape index (κ3) is 1.72. The molecule has 0 amide bonds. The first-order valence-electron chi connectivity index (χ1n) is 5.52. The molecule has 2 heterocycles. The van der Waals surface area contributed by atoms with Crippen molar-refractivity contribution >= 4 is 11.0 Å². The van der Waals surface area contributed by atoms with Crippen LogP contribution >= 0.6 is 0 Å². The van der Waals surface area contributed by atoms with E-state index in [9.17, 15) is 0 Å². The predicted octanol–water partition coefficient (Wildman–Crippen LogP) is 2.59. The van der Waals surface area contributed by atoms with E-state index in [1.165, 1.54) is 0 Å². The summed E-state index contributed by atoms with van der Waals surface area (Å²) in [5.41, 5.74) is 8.60. The van der Waals surface area contributed by atoms with E-state index in [4.69, 9.17) is 10.2 Å². The number of aromatic amines is 1. The van der Waals surface area contributed by atoms with Crippen LogP contribution in [0.15, 0.2) is 34.7 Å². The van der Waals surface area contributed by atoms with Gasteiger partial charge in [0.2, 0.25) is 0 Å². The van der Waals surface area contributed by atoms with Gasteiger partial charge in [-0.1, -0.05) is 6.07 Å². The number of imidazole rings is 1. The molecule has 3 N–H and O–H groups in total. The first kappa shape index (κ1) is 10.1. The van der Waals surface area contributed by atoms with Crippen LogP contribution in [0.1, 0.15) is 11.3 Å². The molecule has 17 heavy (non-hydrogen) atoms. The van der Waals surface area contributed by atoms with Crippen molar-refractivity contribution < 1.29 is 4.42 Å². The van der Waals surface area contributed by atoms with Crippen LogP contribution in [-0.2, 0) is 6.54 Å². The second kappa shape index (κ2) is 3.75. The number of nitrogens with one attached hydrogen (secondary N) is 1.